The van der Waals surface area contributed by atoms with Crippen LogP contribution in [-0.4, -0.2) is 39.7 Å². The van der Waals surface area contributed by atoms with Crippen molar-refractivity contribution in [1.29, 1.82) is 0 Å². The summed E-state index contributed by atoms with van der Waals surface area (Å²) in [6.45, 7) is 5.08. The van der Waals surface area contributed by atoms with Crippen LogP contribution < -0.4 is 5.73 Å². The minimum Gasteiger partial charge on any atom is -0.341 e. The maximum Gasteiger partial charge on any atom is 0.106 e. The van der Waals surface area contributed by atoms with Crippen molar-refractivity contribution in [2.75, 3.05) is 13.1 Å². The summed E-state index contributed by atoms with van der Waals surface area (Å²) in [5.41, 5.74) is 7.75. The van der Waals surface area contributed by atoms with Gasteiger partial charge in [0.05, 0.1) is 33.5 Å². The number of aromatic amines is 2. The zero-order chi connectivity index (χ0) is 21.5. The maximum absolute atomic E-state index is 5.58. The number of H-pyrrole nitrogens is 2. The molecule has 0 aliphatic heterocycles. The first-order valence-electron chi connectivity index (χ1n) is 10.7. The molecule has 0 saturated carbocycles. The number of thiophene rings is 2. The zero-order valence-corrected chi connectivity index (χ0v) is 19.2. The summed E-state index contributed by atoms with van der Waals surface area (Å²) in [4.78, 5) is 24.8. The van der Waals surface area contributed by atoms with Gasteiger partial charge in [-0.25, -0.2) is 9.97 Å². The van der Waals surface area contributed by atoms with E-state index in [9.17, 15) is 0 Å². The highest BCUT2D eigenvalue weighted by Crippen LogP contribution is 2.39. The van der Waals surface area contributed by atoms with Crippen LogP contribution in [0.1, 0.15) is 37.3 Å². The number of aromatic nitrogens is 4. The van der Waals surface area contributed by atoms with E-state index in [0.717, 1.165) is 74.7 Å². The van der Waals surface area contributed by atoms with E-state index < -0.39 is 0 Å². The number of hydrogen-bond acceptors (Lipinski definition) is 6. The second kappa shape index (κ2) is 10.7. The third-order valence-electron chi connectivity index (χ3n) is 5.09. The number of imidazole rings is 2. The first-order chi connectivity index (χ1) is 15.3. The second-order valence-corrected chi connectivity index (χ2v) is 9.63. The molecule has 0 spiro atoms. The van der Waals surface area contributed by atoms with E-state index in [1.54, 1.807) is 22.7 Å². The van der Waals surface area contributed by atoms with E-state index in [1.165, 1.54) is 19.5 Å². The molecule has 4 heterocycles. The Morgan fingerprint density at radius 1 is 0.774 bits per heavy atom. The predicted molar refractivity (Wildman–Crippen MR) is 132 cm³/mol. The molecule has 4 rings (SSSR count). The van der Waals surface area contributed by atoms with Gasteiger partial charge in [-0.2, -0.15) is 0 Å². The smallest absolute Gasteiger partial charge is 0.106 e. The van der Waals surface area contributed by atoms with Crippen molar-refractivity contribution >= 4 is 29.4 Å². The van der Waals surface area contributed by atoms with Gasteiger partial charge >= 0.3 is 0 Å². The minimum absolute atomic E-state index is 0.734. The monoisotopic (exact) mass is 452 g/mol. The summed E-state index contributed by atoms with van der Waals surface area (Å²) in [6, 6.07) is 8.72. The molecule has 4 aromatic rings. The topological polar surface area (TPSA) is 95.7 Å². The molecule has 0 amide bonds. The summed E-state index contributed by atoms with van der Waals surface area (Å²) in [6.07, 6.45) is 9.99. The number of nitrogens with two attached hydrogens (primary N) is 1. The number of rotatable bonds is 12. The molecule has 162 valence electrons. The van der Waals surface area contributed by atoms with Crippen LogP contribution in [0.25, 0.3) is 30.9 Å². The lowest BCUT2D eigenvalue weighted by atomic mass is 10.2. The number of aliphatic imine (C=N–C) groups is 1. The summed E-state index contributed by atoms with van der Waals surface area (Å²) >= 11 is 3.58. The number of nitrogens with zero attached hydrogens (tertiary/aromatic N) is 3. The zero-order valence-electron chi connectivity index (χ0n) is 17.6. The number of nitrogens with one attached hydrogen (secondary N) is 2. The fourth-order valence-electron chi connectivity index (χ4n) is 3.41. The van der Waals surface area contributed by atoms with Gasteiger partial charge in [0.1, 0.15) is 11.6 Å². The van der Waals surface area contributed by atoms with Crippen LogP contribution in [0.3, 0.4) is 0 Å². The molecule has 0 fully saturated rings. The van der Waals surface area contributed by atoms with Crippen LogP contribution in [0.5, 0.6) is 0 Å². The van der Waals surface area contributed by atoms with E-state index in [0.29, 0.717) is 0 Å². The number of unbranched alkanes of at least 4 members (excludes halogenated alkanes) is 2. The van der Waals surface area contributed by atoms with Crippen molar-refractivity contribution in [3.8, 4) is 30.9 Å². The van der Waals surface area contributed by atoms with Crippen LogP contribution >= 0.6 is 22.7 Å². The predicted octanol–water partition coefficient (Wildman–Crippen LogP) is 5.56. The average molecular weight is 453 g/mol. The number of hydrogen-bond donors (Lipinski definition) is 3. The quantitative estimate of drug-likeness (QED) is 0.194. The Hall–Kier alpha value is -2.55. The van der Waals surface area contributed by atoms with Gasteiger partial charge in [0, 0.05) is 29.1 Å². The van der Waals surface area contributed by atoms with E-state index in [-0.39, 0.29) is 0 Å². The molecule has 8 heteroatoms. The molecule has 0 aromatic carbocycles. The van der Waals surface area contributed by atoms with Gasteiger partial charge in [-0.05, 0) is 63.2 Å². The van der Waals surface area contributed by atoms with Gasteiger partial charge < -0.3 is 20.7 Å². The molecule has 0 unspecified atom stereocenters. The first-order valence-corrected chi connectivity index (χ1v) is 12.3. The van der Waals surface area contributed by atoms with Crippen molar-refractivity contribution in [1.82, 2.24) is 19.9 Å². The first kappa shape index (κ1) is 21.7. The summed E-state index contributed by atoms with van der Waals surface area (Å²) in [5.74, 6) is 2.07. The molecule has 31 heavy (non-hydrogen) atoms. The lowest BCUT2D eigenvalue weighted by Gasteiger charge is -1.96. The van der Waals surface area contributed by atoms with Crippen LogP contribution in [0.15, 0.2) is 41.7 Å². The van der Waals surface area contributed by atoms with Gasteiger partial charge in [0.15, 0.2) is 0 Å². The normalized spacial score (nSPS) is 11.3. The molecule has 0 aliphatic carbocycles. The van der Waals surface area contributed by atoms with Crippen molar-refractivity contribution in [3.63, 3.8) is 0 Å². The fraction of sp³-hybridized carbons (Fsp3) is 0.348. The molecular formula is C23H28N6S2. The Morgan fingerprint density at radius 2 is 1.29 bits per heavy atom. The van der Waals surface area contributed by atoms with Crippen molar-refractivity contribution in [2.45, 2.75) is 38.5 Å². The van der Waals surface area contributed by atoms with E-state index in [4.69, 9.17) is 5.73 Å². The third kappa shape index (κ3) is 5.58. The Bertz CT molecular complexity index is 1100. The van der Waals surface area contributed by atoms with Gasteiger partial charge in [-0.1, -0.05) is 0 Å². The Morgan fingerprint density at radius 3 is 1.81 bits per heavy atom. The van der Waals surface area contributed by atoms with Crippen LogP contribution in [-0.2, 0) is 12.8 Å². The standard InChI is InChI=1S/C23H28N6S2/c1-25-13-5-3-7-23-27-15-17(29-23)19-9-11-21(31-19)20-10-8-18(30-20)16-14-26-22(28-16)6-2-4-12-24/h8-11,14-15H,1-7,12-13,24H2,(H,26,28)(H,27,29). The molecule has 0 aliphatic rings. The van der Waals surface area contributed by atoms with E-state index >= 15 is 0 Å². The van der Waals surface area contributed by atoms with E-state index in [1.807, 2.05) is 12.4 Å². The largest absolute Gasteiger partial charge is 0.341 e. The SMILES string of the molecule is C=NCCCCc1ncc(-c2ccc(-c3ccc(-c4cnc(CCCCN)[nH]4)s3)s2)[nH]1. The number of aryl methyl sites for hydroxylation is 2. The van der Waals surface area contributed by atoms with Crippen LogP contribution in [0.2, 0.25) is 0 Å². The summed E-state index contributed by atoms with van der Waals surface area (Å²) in [5, 5.41) is 0. The Kier molecular flexibility index (Phi) is 7.45. The molecular weight excluding hydrogens is 424 g/mol. The molecule has 0 atom stereocenters. The lowest BCUT2D eigenvalue weighted by molar-refractivity contribution is 0.723. The van der Waals surface area contributed by atoms with Gasteiger partial charge in [0.2, 0.25) is 0 Å². The van der Waals surface area contributed by atoms with Crippen molar-refractivity contribution < 1.29 is 0 Å². The molecule has 0 saturated heterocycles. The van der Waals surface area contributed by atoms with Gasteiger partial charge in [-0.3, -0.25) is 0 Å². The minimum atomic E-state index is 0.734. The second-order valence-electron chi connectivity index (χ2n) is 7.47. The van der Waals surface area contributed by atoms with Crippen molar-refractivity contribution in [2.24, 2.45) is 10.7 Å². The maximum atomic E-state index is 5.58. The molecule has 0 bridgehead atoms. The van der Waals surface area contributed by atoms with Crippen molar-refractivity contribution in [3.05, 3.63) is 48.3 Å². The highest BCUT2D eigenvalue weighted by molar-refractivity contribution is 7.25. The molecule has 0 radical (unpaired) electrons. The molecule has 6 nitrogen and oxygen atoms in total. The highest BCUT2D eigenvalue weighted by Gasteiger charge is 2.12. The summed E-state index contributed by atoms with van der Waals surface area (Å²) < 4.78 is 0. The average Bonchev–Trinajstić information content (AvgIpc) is 3.57. The highest BCUT2D eigenvalue weighted by atomic mass is 32.1. The van der Waals surface area contributed by atoms with Gasteiger partial charge in [-0.15, -0.1) is 22.7 Å². The van der Waals surface area contributed by atoms with Gasteiger partial charge in [0.25, 0.3) is 0 Å². The molecule has 4 aromatic heterocycles. The van der Waals surface area contributed by atoms with Crippen LogP contribution in [0.4, 0.5) is 0 Å². The Balaban J connectivity index is 1.40. The lowest BCUT2D eigenvalue weighted by Crippen LogP contribution is -1.99. The third-order valence-corrected chi connectivity index (χ3v) is 7.52. The summed E-state index contributed by atoms with van der Waals surface area (Å²) in [7, 11) is 0. The van der Waals surface area contributed by atoms with Crippen LogP contribution in [0, 0.1) is 0 Å². The van der Waals surface area contributed by atoms with E-state index in [2.05, 4.69) is 55.9 Å². The Labute approximate surface area is 190 Å². The fourth-order valence-corrected chi connectivity index (χ4v) is 5.45. The molecule has 4 N–H and O–H groups in total.